The molecule has 0 heterocycles. The van der Waals surface area contributed by atoms with Crippen LogP contribution < -0.4 is 10.2 Å². The van der Waals surface area contributed by atoms with Crippen molar-refractivity contribution in [3.05, 3.63) is 88.9 Å². The first-order chi connectivity index (χ1) is 13.1. The highest BCUT2D eigenvalue weighted by atomic mass is 79.9. The van der Waals surface area contributed by atoms with E-state index in [1.165, 1.54) is 0 Å². The molecular formula is C22H19BrN2O2. The highest BCUT2D eigenvalue weighted by Crippen LogP contribution is 2.29. The van der Waals surface area contributed by atoms with Crippen LogP contribution in [0.5, 0.6) is 5.75 Å². The summed E-state index contributed by atoms with van der Waals surface area (Å²) in [6.45, 7) is 1.73. The molecule has 3 aromatic rings. The number of halogens is 1. The highest BCUT2D eigenvalue weighted by Gasteiger charge is 2.08. The van der Waals surface area contributed by atoms with Gasteiger partial charge in [-0.25, -0.2) is 5.43 Å². The second kappa shape index (κ2) is 9.14. The fourth-order valence-corrected chi connectivity index (χ4v) is 2.95. The summed E-state index contributed by atoms with van der Waals surface area (Å²) in [5.41, 5.74) is 6.17. The van der Waals surface area contributed by atoms with Crippen molar-refractivity contribution in [3.63, 3.8) is 0 Å². The molecule has 0 bridgehead atoms. The molecule has 0 fully saturated rings. The topological polar surface area (TPSA) is 50.7 Å². The number of carbonyl (C=O) groups is 1. The van der Waals surface area contributed by atoms with Crippen LogP contribution in [-0.2, 0) is 4.79 Å². The van der Waals surface area contributed by atoms with Gasteiger partial charge in [-0.2, -0.15) is 5.10 Å². The summed E-state index contributed by atoms with van der Waals surface area (Å²) < 4.78 is 6.68. The minimum atomic E-state index is -0.313. The van der Waals surface area contributed by atoms with E-state index in [2.05, 4.69) is 26.5 Å². The van der Waals surface area contributed by atoms with Crippen molar-refractivity contribution in [2.24, 2.45) is 5.10 Å². The molecule has 0 aliphatic rings. The second-order valence-electron chi connectivity index (χ2n) is 5.89. The first kappa shape index (κ1) is 18.9. The molecule has 0 aliphatic heterocycles. The first-order valence-corrected chi connectivity index (χ1v) is 9.29. The number of hydrogen-bond donors (Lipinski definition) is 1. The van der Waals surface area contributed by atoms with Gasteiger partial charge in [0.2, 0.25) is 0 Å². The van der Waals surface area contributed by atoms with E-state index in [1.54, 1.807) is 0 Å². The molecule has 0 atom stereocenters. The molecule has 0 radical (unpaired) electrons. The van der Waals surface area contributed by atoms with E-state index in [0.29, 0.717) is 11.5 Å². The largest absolute Gasteiger partial charge is 0.483 e. The van der Waals surface area contributed by atoms with Crippen LogP contribution in [0.1, 0.15) is 12.5 Å². The zero-order chi connectivity index (χ0) is 19.1. The van der Waals surface area contributed by atoms with E-state index in [9.17, 15) is 4.79 Å². The molecule has 0 saturated heterocycles. The molecule has 27 heavy (non-hydrogen) atoms. The molecule has 1 N–H and O–H groups in total. The Morgan fingerprint density at radius 2 is 1.74 bits per heavy atom. The number of hydrogen-bond acceptors (Lipinski definition) is 3. The fourth-order valence-electron chi connectivity index (χ4n) is 2.55. The molecule has 136 valence electrons. The van der Waals surface area contributed by atoms with Crippen molar-refractivity contribution in [2.75, 3.05) is 6.61 Å². The van der Waals surface area contributed by atoms with Crippen LogP contribution in [0, 0.1) is 0 Å². The van der Waals surface area contributed by atoms with Crippen molar-refractivity contribution < 1.29 is 9.53 Å². The lowest BCUT2D eigenvalue weighted by Crippen LogP contribution is -2.25. The van der Waals surface area contributed by atoms with Crippen molar-refractivity contribution in [3.8, 4) is 16.9 Å². The monoisotopic (exact) mass is 422 g/mol. The molecule has 0 aromatic heterocycles. The van der Waals surface area contributed by atoms with Gasteiger partial charge in [0.05, 0.1) is 5.71 Å². The van der Waals surface area contributed by atoms with Crippen LogP contribution in [0.15, 0.2) is 88.4 Å². The molecular weight excluding hydrogens is 404 g/mol. The molecule has 0 aliphatic carbocycles. The maximum absolute atomic E-state index is 12.1. The number of rotatable bonds is 6. The Kier molecular flexibility index (Phi) is 6.39. The van der Waals surface area contributed by atoms with Crippen LogP contribution >= 0.6 is 15.9 Å². The van der Waals surface area contributed by atoms with Gasteiger partial charge >= 0.3 is 0 Å². The Hall–Kier alpha value is -2.92. The number of para-hydroxylation sites is 1. The van der Waals surface area contributed by atoms with Gasteiger partial charge in [0.25, 0.3) is 5.91 Å². The van der Waals surface area contributed by atoms with Gasteiger partial charge in [0.15, 0.2) is 6.61 Å². The Morgan fingerprint density at radius 3 is 2.52 bits per heavy atom. The van der Waals surface area contributed by atoms with Gasteiger partial charge in [0, 0.05) is 10.0 Å². The average Bonchev–Trinajstić information content (AvgIpc) is 2.71. The lowest BCUT2D eigenvalue weighted by Gasteiger charge is -2.11. The molecule has 5 heteroatoms. The van der Waals surface area contributed by atoms with Crippen molar-refractivity contribution in [2.45, 2.75) is 6.92 Å². The van der Waals surface area contributed by atoms with Crippen LogP contribution in [-0.4, -0.2) is 18.2 Å². The van der Waals surface area contributed by atoms with Gasteiger partial charge in [-0.15, -0.1) is 0 Å². The first-order valence-electron chi connectivity index (χ1n) is 8.50. The molecule has 0 unspecified atom stereocenters. The number of carbonyl (C=O) groups excluding carboxylic acids is 1. The second-order valence-corrected chi connectivity index (χ2v) is 6.81. The number of nitrogens with zero attached hydrogens (tertiary/aromatic N) is 1. The van der Waals surface area contributed by atoms with Gasteiger partial charge in [-0.3, -0.25) is 4.79 Å². The zero-order valence-corrected chi connectivity index (χ0v) is 16.4. The summed E-state index contributed by atoms with van der Waals surface area (Å²) in [5, 5.41) is 4.14. The molecule has 0 saturated carbocycles. The van der Waals surface area contributed by atoms with Crippen LogP contribution in [0.2, 0.25) is 0 Å². The summed E-state index contributed by atoms with van der Waals surface area (Å²) in [7, 11) is 0. The summed E-state index contributed by atoms with van der Waals surface area (Å²) >= 11 is 3.42. The lowest BCUT2D eigenvalue weighted by molar-refractivity contribution is -0.123. The van der Waals surface area contributed by atoms with E-state index < -0.39 is 0 Å². The maximum Gasteiger partial charge on any atom is 0.277 e. The SMILES string of the molecule is C/C(=N/NC(=O)COc1ccccc1-c1ccccc1)c1cccc(Br)c1. The van der Waals surface area contributed by atoms with Crippen molar-refractivity contribution >= 4 is 27.5 Å². The lowest BCUT2D eigenvalue weighted by atomic mass is 10.1. The Labute approximate surface area is 167 Å². The van der Waals surface area contributed by atoms with Crippen molar-refractivity contribution in [1.29, 1.82) is 0 Å². The standard InChI is InChI=1S/C22H19BrN2O2/c1-16(18-10-7-11-19(23)14-18)24-25-22(26)15-27-21-13-6-5-12-20(21)17-8-3-2-4-9-17/h2-14H,15H2,1H3,(H,25,26)/b24-16-. The summed E-state index contributed by atoms with van der Waals surface area (Å²) in [6.07, 6.45) is 0. The van der Waals surface area contributed by atoms with Crippen LogP contribution in [0.25, 0.3) is 11.1 Å². The number of benzene rings is 3. The number of nitrogens with one attached hydrogen (secondary N) is 1. The predicted molar refractivity (Wildman–Crippen MR) is 112 cm³/mol. The van der Waals surface area contributed by atoms with Gasteiger partial charge < -0.3 is 4.74 Å². The molecule has 0 spiro atoms. The molecule has 4 nitrogen and oxygen atoms in total. The average molecular weight is 423 g/mol. The molecule has 3 rings (SSSR count). The summed E-state index contributed by atoms with van der Waals surface area (Å²) in [6, 6.07) is 25.3. The van der Waals surface area contributed by atoms with Crippen LogP contribution in [0.3, 0.4) is 0 Å². The quantitative estimate of drug-likeness (QED) is 0.446. The van der Waals surface area contributed by atoms with Crippen LogP contribution in [0.4, 0.5) is 0 Å². The van der Waals surface area contributed by atoms with E-state index in [1.807, 2.05) is 85.8 Å². The Balaban J connectivity index is 1.63. The number of ether oxygens (including phenoxy) is 1. The Morgan fingerprint density at radius 1 is 1.00 bits per heavy atom. The smallest absolute Gasteiger partial charge is 0.277 e. The van der Waals surface area contributed by atoms with Crippen molar-refractivity contribution in [1.82, 2.24) is 5.43 Å². The minimum Gasteiger partial charge on any atom is -0.483 e. The van der Waals surface area contributed by atoms with Gasteiger partial charge in [-0.05, 0) is 36.2 Å². The van der Waals surface area contributed by atoms with E-state index >= 15 is 0 Å². The fraction of sp³-hybridized carbons (Fsp3) is 0.0909. The normalized spacial score (nSPS) is 11.1. The predicted octanol–water partition coefficient (Wildman–Crippen LogP) is 5.04. The third-order valence-electron chi connectivity index (χ3n) is 3.92. The third-order valence-corrected chi connectivity index (χ3v) is 4.41. The maximum atomic E-state index is 12.1. The Bertz CT molecular complexity index is 955. The summed E-state index contributed by atoms with van der Waals surface area (Å²) in [5.74, 6) is 0.346. The van der Waals surface area contributed by atoms with E-state index in [-0.39, 0.29) is 12.5 Å². The third kappa shape index (κ3) is 5.28. The highest BCUT2D eigenvalue weighted by molar-refractivity contribution is 9.10. The van der Waals surface area contributed by atoms with Gasteiger partial charge in [-0.1, -0.05) is 76.6 Å². The van der Waals surface area contributed by atoms with Gasteiger partial charge in [0.1, 0.15) is 5.75 Å². The zero-order valence-electron chi connectivity index (χ0n) is 14.9. The summed E-state index contributed by atoms with van der Waals surface area (Å²) in [4.78, 5) is 12.1. The van der Waals surface area contributed by atoms with E-state index in [4.69, 9.17) is 4.74 Å². The minimum absolute atomic E-state index is 0.112. The molecule has 1 amide bonds. The molecule has 3 aromatic carbocycles. The number of amides is 1. The van der Waals surface area contributed by atoms with E-state index in [0.717, 1.165) is 21.2 Å². The number of hydrazone groups is 1.